The Balaban J connectivity index is 1.56. The molecule has 194 valence electrons. The van der Waals surface area contributed by atoms with Gasteiger partial charge in [-0.05, 0) is 44.5 Å². The van der Waals surface area contributed by atoms with Crippen LogP contribution in [0.1, 0.15) is 43.6 Å². The fourth-order valence-corrected chi connectivity index (χ4v) is 4.58. The number of ether oxygens (including phenoxy) is 1. The summed E-state index contributed by atoms with van der Waals surface area (Å²) in [5.74, 6) is -4.62. The number of alkyl carbamates (subject to hydrolysis) is 1. The molecule has 0 saturated heterocycles. The zero-order valence-electron chi connectivity index (χ0n) is 20.5. The second-order valence-electron chi connectivity index (χ2n) is 10.0. The van der Waals surface area contributed by atoms with Crippen LogP contribution in [0.5, 0.6) is 0 Å². The smallest absolute Gasteiger partial charge is 0.437 e. The zero-order chi connectivity index (χ0) is 26.6. The lowest BCUT2D eigenvalue weighted by Gasteiger charge is -2.33. The number of carbonyl (C=O) groups excluding carboxylic acids is 1. The maximum atomic E-state index is 14.8. The molecule has 4 aromatic rings. The monoisotopic (exact) mass is 515 g/mol. The summed E-state index contributed by atoms with van der Waals surface area (Å²) in [4.78, 5) is 29.0. The number of imidazole rings is 1. The molecule has 1 amide bonds. The average molecular weight is 515 g/mol. The van der Waals surface area contributed by atoms with Gasteiger partial charge in [-0.25, -0.2) is 27.7 Å². The number of rotatable bonds is 3. The highest BCUT2D eigenvalue weighted by atomic mass is 19.2. The molecule has 0 spiro atoms. The van der Waals surface area contributed by atoms with E-state index in [1.54, 1.807) is 39.1 Å². The number of hydrogen-bond donors (Lipinski definition) is 1. The summed E-state index contributed by atoms with van der Waals surface area (Å²) in [6.07, 6.45) is 1.38. The molecule has 0 aliphatic heterocycles. The number of pyridine rings is 1. The third-order valence-electron chi connectivity index (χ3n) is 6.20. The molecule has 1 N–H and O–H groups in total. The zero-order valence-corrected chi connectivity index (χ0v) is 20.5. The van der Waals surface area contributed by atoms with Crippen LogP contribution in [0.4, 0.5) is 18.0 Å². The SMILES string of the molecule is Cn1nc(-c2ccn3c4c(nc3c2)C[C@H](c2cc(F)c(F)cc2F)C(NC(=O)OC(C)(C)C)C4)oc1=O. The van der Waals surface area contributed by atoms with E-state index in [4.69, 9.17) is 9.15 Å². The van der Waals surface area contributed by atoms with E-state index in [-0.39, 0.29) is 24.3 Å². The molecule has 9 nitrogen and oxygen atoms in total. The van der Waals surface area contributed by atoms with Gasteiger partial charge in [0, 0.05) is 55.4 Å². The lowest BCUT2D eigenvalue weighted by Crippen LogP contribution is -2.46. The molecular formula is C25H24F3N5O4. The largest absolute Gasteiger partial charge is 0.444 e. The van der Waals surface area contributed by atoms with Crippen molar-refractivity contribution in [1.82, 2.24) is 24.5 Å². The van der Waals surface area contributed by atoms with Gasteiger partial charge in [-0.3, -0.25) is 0 Å². The van der Waals surface area contributed by atoms with Gasteiger partial charge in [-0.2, -0.15) is 4.68 Å². The van der Waals surface area contributed by atoms with Crippen molar-refractivity contribution >= 4 is 11.7 Å². The fraction of sp³-hybridized carbons (Fsp3) is 0.360. The average Bonchev–Trinajstić information content (AvgIpc) is 3.33. The number of halogens is 3. The molecule has 37 heavy (non-hydrogen) atoms. The first-order valence-corrected chi connectivity index (χ1v) is 11.6. The van der Waals surface area contributed by atoms with Crippen LogP contribution in [0.25, 0.3) is 17.1 Å². The van der Waals surface area contributed by atoms with Crippen LogP contribution in [0.15, 0.2) is 39.7 Å². The van der Waals surface area contributed by atoms with E-state index < -0.39 is 46.9 Å². The second-order valence-corrected chi connectivity index (χ2v) is 10.0. The molecule has 3 heterocycles. The minimum atomic E-state index is -1.30. The van der Waals surface area contributed by atoms with Crippen molar-refractivity contribution in [2.45, 2.75) is 51.2 Å². The summed E-state index contributed by atoms with van der Waals surface area (Å²) >= 11 is 0. The van der Waals surface area contributed by atoms with Gasteiger partial charge in [0.2, 0.25) is 5.89 Å². The molecule has 12 heteroatoms. The molecule has 0 saturated carbocycles. The minimum Gasteiger partial charge on any atom is -0.444 e. The van der Waals surface area contributed by atoms with Gasteiger partial charge < -0.3 is 18.9 Å². The van der Waals surface area contributed by atoms with Crippen LogP contribution in [-0.2, 0) is 24.6 Å². The quantitative estimate of drug-likeness (QED) is 0.416. The number of fused-ring (bicyclic) bond motifs is 3. The lowest BCUT2D eigenvalue weighted by atomic mass is 9.80. The highest BCUT2D eigenvalue weighted by Gasteiger charge is 2.36. The van der Waals surface area contributed by atoms with Crippen LogP contribution >= 0.6 is 0 Å². The van der Waals surface area contributed by atoms with Gasteiger partial charge in [-0.15, -0.1) is 5.10 Å². The Morgan fingerprint density at radius 3 is 2.54 bits per heavy atom. The van der Waals surface area contributed by atoms with Crippen molar-refractivity contribution in [3.63, 3.8) is 0 Å². The van der Waals surface area contributed by atoms with Gasteiger partial charge in [0.1, 0.15) is 17.1 Å². The molecule has 0 radical (unpaired) electrons. The molecule has 3 aromatic heterocycles. The van der Waals surface area contributed by atoms with Crippen molar-refractivity contribution in [3.8, 4) is 11.5 Å². The maximum Gasteiger partial charge on any atom is 0.437 e. The summed E-state index contributed by atoms with van der Waals surface area (Å²) < 4.78 is 56.0. The van der Waals surface area contributed by atoms with Crippen LogP contribution in [0.2, 0.25) is 0 Å². The third kappa shape index (κ3) is 4.70. The fourth-order valence-electron chi connectivity index (χ4n) is 4.58. The van der Waals surface area contributed by atoms with Crippen LogP contribution in [0, 0.1) is 17.5 Å². The number of benzene rings is 1. The number of aromatic nitrogens is 4. The van der Waals surface area contributed by atoms with Crippen molar-refractivity contribution in [2.75, 3.05) is 0 Å². The van der Waals surface area contributed by atoms with Gasteiger partial charge in [0.25, 0.3) is 0 Å². The van der Waals surface area contributed by atoms with E-state index in [2.05, 4.69) is 15.4 Å². The molecule has 1 aromatic carbocycles. The number of amides is 1. The predicted molar refractivity (Wildman–Crippen MR) is 126 cm³/mol. The van der Waals surface area contributed by atoms with Gasteiger partial charge in [-0.1, -0.05) is 0 Å². The van der Waals surface area contributed by atoms with Crippen molar-refractivity contribution in [2.24, 2.45) is 7.05 Å². The molecule has 0 fully saturated rings. The highest BCUT2D eigenvalue weighted by molar-refractivity contribution is 5.68. The van der Waals surface area contributed by atoms with Gasteiger partial charge >= 0.3 is 11.8 Å². The first kappa shape index (κ1) is 24.6. The van der Waals surface area contributed by atoms with Crippen molar-refractivity contribution in [3.05, 3.63) is 75.4 Å². The first-order valence-electron chi connectivity index (χ1n) is 11.6. The Morgan fingerprint density at radius 2 is 1.86 bits per heavy atom. The molecule has 1 aliphatic rings. The highest BCUT2D eigenvalue weighted by Crippen LogP contribution is 2.36. The van der Waals surface area contributed by atoms with E-state index in [1.165, 1.54) is 7.05 Å². The molecule has 2 atom stereocenters. The third-order valence-corrected chi connectivity index (χ3v) is 6.20. The van der Waals surface area contributed by atoms with Crippen molar-refractivity contribution < 1.29 is 27.1 Å². The summed E-state index contributed by atoms with van der Waals surface area (Å²) in [6.45, 7) is 5.14. The van der Waals surface area contributed by atoms with Crippen molar-refractivity contribution in [1.29, 1.82) is 0 Å². The number of hydrogen-bond acceptors (Lipinski definition) is 6. The summed E-state index contributed by atoms with van der Waals surface area (Å²) in [7, 11) is 1.47. The summed E-state index contributed by atoms with van der Waals surface area (Å²) in [6, 6.07) is 4.02. The number of aryl methyl sites for hydroxylation is 1. The standard InChI is InChI=1S/C25H24F3N5O4/c1-25(2,3)37-23(34)30-18-11-20-19(9-14(18)13-8-16(27)17(28)10-15(13)26)29-21-7-12(5-6-33(20)21)22-31-32(4)24(35)36-22/h5-8,10,14,18H,9,11H2,1-4H3,(H,30,34)/t14-,18?/m1/s1. The van der Waals surface area contributed by atoms with Crippen LogP contribution < -0.4 is 11.1 Å². The number of carbonyl (C=O) groups is 1. The molecular weight excluding hydrogens is 491 g/mol. The van der Waals surface area contributed by atoms with E-state index >= 15 is 0 Å². The van der Waals surface area contributed by atoms with Crippen LogP contribution in [0.3, 0.4) is 0 Å². The van der Waals surface area contributed by atoms with E-state index in [1.807, 2.05) is 4.40 Å². The summed E-state index contributed by atoms with van der Waals surface area (Å²) in [5.41, 5.74) is 1.56. The van der Waals surface area contributed by atoms with Crippen LogP contribution in [-0.4, -0.2) is 36.9 Å². The molecule has 1 unspecified atom stereocenters. The Morgan fingerprint density at radius 1 is 1.14 bits per heavy atom. The Labute approximate surface area is 208 Å². The van der Waals surface area contributed by atoms with E-state index in [0.29, 0.717) is 23.0 Å². The molecule has 1 aliphatic carbocycles. The summed E-state index contributed by atoms with van der Waals surface area (Å²) in [5, 5.41) is 6.83. The minimum absolute atomic E-state index is 0.0707. The van der Waals surface area contributed by atoms with E-state index in [0.717, 1.165) is 16.4 Å². The second kappa shape index (κ2) is 8.79. The lowest BCUT2D eigenvalue weighted by molar-refractivity contribution is 0.0493. The topological polar surface area (TPSA) is 104 Å². The molecule has 0 bridgehead atoms. The number of nitrogens with one attached hydrogen (secondary N) is 1. The van der Waals surface area contributed by atoms with Gasteiger partial charge in [0.05, 0.1) is 5.69 Å². The van der Waals surface area contributed by atoms with Gasteiger partial charge in [0.15, 0.2) is 11.6 Å². The number of nitrogens with zero attached hydrogens (tertiary/aromatic N) is 4. The Bertz CT molecular complexity index is 1580. The first-order chi connectivity index (χ1) is 17.4. The molecule has 5 rings (SSSR count). The predicted octanol–water partition coefficient (Wildman–Crippen LogP) is 3.88. The van der Waals surface area contributed by atoms with E-state index in [9.17, 15) is 22.8 Å². The Hall–Kier alpha value is -4.09. The normalized spacial score (nSPS) is 17.6. The maximum absolute atomic E-state index is 14.8. The Kier molecular flexibility index (Phi) is 5.84.